The molecule has 0 radical (unpaired) electrons. The molecule has 3 nitrogen and oxygen atoms in total. The maximum absolute atomic E-state index is 12.0. The molecule has 0 aromatic carbocycles. The van der Waals surface area contributed by atoms with Crippen molar-refractivity contribution in [3.8, 4) is 0 Å². The summed E-state index contributed by atoms with van der Waals surface area (Å²) in [4.78, 5) is 14.1. The Morgan fingerprint density at radius 3 is 2.80 bits per heavy atom. The number of carbonyl (C=O) groups is 1. The Labute approximate surface area is 92.2 Å². The number of rotatable bonds is 5. The van der Waals surface area contributed by atoms with Gasteiger partial charge < -0.3 is 4.90 Å². The number of nitrogens with zero attached hydrogens (tertiary/aromatic N) is 1. The lowest BCUT2D eigenvalue weighted by molar-refractivity contribution is -0.130. The molecule has 1 N–H and O–H groups in total. The SMILES string of the molecule is CCCCC1NC(C)N(CC2CC2)C1=O. The smallest absolute Gasteiger partial charge is 0.241 e. The van der Waals surface area contributed by atoms with E-state index in [1.54, 1.807) is 0 Å². The molecule has 0 spiro atoms. The minimum Gasteiger partial charge on any atom is -0.326 e. The normalized spacial score (nSPS) is 31.3. The molecule has 2 fully saturated rings. The molecule has 1 amide bonds. The summed E-state index contributed by atoms with van der Waals surface area (Å²) in [7, 11) is 0. The first-order chi connectivity index (χ1) is 7.22. The van der Waals surface area contributed by atoms with Gasteiger partial charge in [0.15, 0.2) is 0 Å². The van der Waals surface area contributed by atoms with Gasteiger partial charge in [-0.15, -0.1) is 0 Å². The fourth-order valence-electron chi connectivity index (χ4n) is 2.29. The summed E-state index contributed by atoms with van der Waals surface area (Å²) < 4.78 is 0. The molecular weight excluding hydrogens is 188 g/mol. The van der Waals surface area contributed by atoms with Gasteiger partial charge in [-0.3, -0.25) is 10.1 Å². The topological polar surface area (TPSA) is 32.3 Å². The first kappa shape index (κ1) is 10.9. The Balaban J connectivity index is 1.86. The maximum Gasteiger partial charge on any atom is 0.241 e. The van der Waals surface area contributed by atoms with Gasteiger partial charge in [-0.05, 0) is 32.1 Å². The maximum atomic E-state index is 12.0. The van der Waals surface area contributed by atoms with Crippen molar-refractivity contribution in [2.24, 2.45) is 5.92 Å². The molecule has 3 heteroatoms. The van der Waals surface area contributed by atoms with E-state index in [4.69, 9.17) is 0 Å². The van der Waals surface area contributed by atoms with Crippen LogP contribution in [0.1, 0.15) is 46.0 Å². The summed E-state index contributed by atoms with van der Waals surface area (Å²) in [6.07, 6.45) is 6.20. The zero-order valence-corrected chi connectivity index (χ0v) is 9.83. The first-order valence-corrected chi connectivity index (χ1v) is 6.29. The highest BCUT2D eigenvalue weighted by molar-refractivity contribution is 5.84. The number of carbonyl (C=O) groups excluding carboxylic acids is 1. The van der Waals surface area contributed by atoms with Crippen molar-refractivity contribution in [2.75, 3.05) is 6.54 Å². The summed E-state index contributed by atoms with van der Waals surface area (Å²) in [5, 5.41) is 3.40. The molecule has 2 unspecified atom stereocenters. The van der Waals surface area contributed by atoms with Crippen LogP contribution in [0.5, 0.6) is 0 Å². The Morgan fingerprint density at radius 2 is 2.20 bits per heavy atom. The summed E-state index contributed by atoms with van der Waals surface area (Å²) in [5.41, 5.74) is 0. The van der Waals surface area contributed by atoms with E-state index in [0.29, 0.717) is 5.91 Å². The second-order valence-electron chi connectivity index (χ2n) is 4.97. The Kier molecular flexibility index (Phi) is 3.29. The van der Waals surface area contributed by atoms with Gasteiger partial charge in [0.1, 0.15) is 0 Å². The molecule has 0 aromatic rings. The van der Waals surface area contributed by atoms with Crippen molar-refractivity contribution in [1.29, 1.82) is 0 Å². The van der Waals surface area contributed by atoms with Crippen molar-refractivity contribution in [1.82, 2.24) is 10.2 Å². The van der Waals surface area contributed by atoms with Crippen LogP contribution < -0.4 is 5.32 Å². The van der Waals surface area contributed by atoms with Gasteiger partial charge in [-0.2, -0.15) is 0 Å². The van der Waals surface area contributed by atoms with Crippen LogP contribution >= 0.6 is 0 Å². The zero-order chi connectivity index (χ0) is 10.8. The van der Waals surface area contributed by atoms with Crippen LogP contribution in [0.25, 0.3) is 0 Å². The molecule has 1 saturated heterocycles. The van der Waals surface area contributed by atoms with Crippen molar-refractivity contribution >= 4 is 5.91 Å². The number of amides is 1. The second kappa shape index (κ2) is 4.52. The average Bonchev–Trinajstić information content (AvgIpc) is 2.98. The minimum atomic E-state index is 0.0960. The van der Waals surface area contributed by atoms with E-state index in [1.807, 2.05) is 4.90 Å². The van der Waals surface area contributed by atoms with Crippen LogP contribution in [0.2, 0.25) is 0 Å². The highest BCUT2D eigenvalue weighted by atomic mass is 16.2. The van der Waals surface area contributed by atoms with E-state index >= 15 is 0 Å². The van der Waals surface area contributed by atoms with Gasteiger partial charge in [0.2, 0.25) is 5.91 Å². The number of hydrogen-bond acceptors (Lipinski definition) is 2. The van der Waals surface area contributed by atoms with Crippen LogP contribution in [0.3, 0.4) is 0 Å². The van der Waals surface area contributed by atoms with Crippen LogP contribution in [0, 0.1) is 5.92 Å². The van der Waals surface area contributed by atoms with Crippen molar-refractivity contribution in [3.63, 3.8) is 0 Å². The summed E-state index contributed by atoms with van der Waals surface area (Å²) in [6.45, 7) is 5.26. The fourth-order valence-corrected chi connectivity index (χ4v) is 2.29. The summed E-state index contributed by atoms with van der Waals surface area (Å²) in [5.74, 6) is 1.13. The zero-order valence-electron chi connectivity index (χ0n) is 9.83. The van der Waals surface area contributed by atoms with E-state index in [9.17, 15) is 4.79 Å². The molecule has 0 bridgehead atoms. The molecule has 15 heavy (non-hydrogen) atoms. The van der Waals surface area contributed by atoms with Gasteiger partial charge in [-0.25, -0.2) is 0 Å². The summed E-state index contributed by atoms with van der Waals surface area (Å²) >= 11 is 0. The summed E-state index contributed by atoms with van der Waals surface area (Å²) in [6, 6.07) is 0.0960. The quantitative estimate of drug-likeness (QED) is 0.749. The molecule has 0 aromatic heterocycles. The monoisotopic (exact) mass is 210 g/mol. The average molecular weight is 210 g/mol. The van der Waals surface area contributed by atoms with E-state index in [0.717, 1.165) is 25.3 Å². The van der Waals surface area contributed by atoms with Gasteiger partial charge >= 0.3 is 0 Å². The number of hydrogen-bond donors (Lipinski definition) is 1. The lowest BCUT2D eigenvalue weighted by Gasteiger charge is -2.20. The molecule has 2 atom stereocenters. The third kappa shape index (κ3) is 2.51. The van der Waals surface area contributed by atoms with Gasteiger partial charge in [0.05, 0.1) is 12.2 Å². The molecule has 1 aliphatic carbocycles. The molecular formula is C12H22N2O. The Bertz CT molecular complexity index is 238. The molecule has 86 valence electrons. The lowest BCUT2D eigenvalue weighted by Crippen LogP contribution is -2.36. The van der Waals surface area contributed by atoms with Crippen LogP contribution in [-0.2, 0) is 4.79 Å². The van der Waals surface area contributed by atoms with Crippen LogP contribution in [0.15, 0.2) is 0 Å². The molecule has 1 heterocycles. The third-order valence-electron chi connectivity index (χ3n) is 3.49. The van der Waals surface area contributed by atoms with Gasteiger partial charge in [0.25, 0.3) is 0 Å². The molecule has 1 aliphatic heterocycles. The number of unbranched alkanes of at least 4 members (excludes halogenated alkanes) is 1. The van der Waals surface area contributed by atoms with Crippen LogP contribution in [-0.4, -0.2) is 29.6 Å². The second-order valence-corrected chi connectivity index (χ2v) is 4.97. The van der Waals surface area contributed by atoms with Crippen molar-refractivity contribution in [3.05, 3.63) is 0 Å². The van der Waals surface area contributed by atoms with Gasteiger partial charge in [-0.1, -0.05) is 19.8 Å². The predicted octanol–water partition coefficient (Wildman–Crippen LogP) is 1.73. The third-order valence-corrected chi connectivity index (χ3v) is 3.49. The van der Waals surface area contributed by atoms with E-state index in [-0.39, 0.29) is 12.2 Å². The van der Waals surface area contributed by atoms with E-state index < -0.39 is 0 Å². The lowest BCUT2D eigenvalue weighted by atomic mass is 10.1. The van der Waals surface area contributed by atoms with E-state index in [2.05, 4.69) is 19.2 Å². The molecule has 2 aliphatic rings. The standard InChI is InChI=1S/C12H22N2O/c1-3-4-5-11-12(15)14(9(2)13-11)8-10-6-7-10/h9-11,13H,3-8H2,1-2H3. The molecule has 2 rings (SSSR count). The Morgan fingerprint density at radius 1 is 1.47 bits per heavy atom. The largest absolute Gasteiger partial charge is 0.326 e. The molecule has 1 saturated carbocycles. The van der Waals surface area contributed by atoms with Crippen LogP contribution in [0.4, 0.5) is 0 Å². The number of nitrogens with one attached hydrogen (secondary N) is 1. The predicted molar refractivity (Wildman–Crippen MR) is 60.3 cm³/mol. The van der Waals surface area contributed by atoms with Gasteiger partial charge in [0, 0.05) is 6.54 Å². The Hall–Kier alpha value is -0.570. The first-order valence-electron chi connectivity index (χ1n) is 6.29. The minimum absolute atomic E-state index is 0.0960. The van der Waals surface area contributed by atoms with E-state index in [1.165, 1.54) is 19.3 Å². The van der Waals surface area contributed by atoms with Crippen molar-refractivity contribution < 1.29 is 4.79 Å². The highest BCUT2D eigenvalue weighted by Crippen LogP contribution is 2.31. The highest BCUT2D eigenvalue weighted by Gasteiger charge is 2.38. The van der Waals surface area contributed by atoms with Crippen molar-refractivity contribution in [2.45, 2.75) is 58.2 Å². The fraction of sp³-hybridized carbons (Fsp3) is 0.917.